The van der Waals surface area contributed by atoms with Crippen molar-refractivity contribution in [1.29, 1.82) is 0 Å². The van der Waals surface area contributed by atoms with E-state index in [9.17, 15) is 0 Å². The Morgan fingerprint density at radius 3 is 2.50 bits per heavy atom. The van der Waals surface area contributed by atoms with E-state index in [-0.39, 0.29) is 0 Å². The number of ether oxygens (including phenoxy) is 1. The van der Waals surface area contributed by atoms with Gasteiger partial charge in [0, 0.05) is 12.1 Å². The van der Waals surface area contributed by atoms with Crippen LogP contribution in [0.1, 0.15) is 19.4 Å². The summed E-state index contributed by atoms with van der Waals surface area (Å²) in [6.45, 7) is 4.63. The summed E-state index contributed by atoms with van der Waals surface area (Å²) in [5.41, 5.74) is 1.11. The van der Waals surface area contributed by atoms with Gasteiger partial charge < -0.3 is 4.74 Å². The minimum atomic E-state index is 0.626. The molecule has 1 aromatic carbocycles. The van der Waals surface area contributed by atoms with Gasteiger partial charge in [-0.05, 0) is 17.7 Å². The van der Waals surface area contributed by atoms with Crippen molar-refractivity contribution < 1.29 is 4.74 Å². The highest BCUT2D eigenvalue weighted by Crippen LogP contribution is 2.10. The van der Waals surface area contributed by atoms with Gasteiger partial charge in [-0.15, -0.1) is 0 Å². The standard InChI is InChI=1S/C8H9ClO.C2H6/c1-10-6-7-3-2-4-8(9)5-7;1-2/h2-5H,6H2,1H3;1-2H3. The van der Waals surface area contributed by atoms with E-state index >= 15 is 0 Å². The van der Waals surface area contributed by atoms with Crippen LogP contribution in [0.3, 0.4) is 0 Å². The van der Waals surface area contributed by atoms with E-state index < -0.39 is 0 Å². The fourth-order valence-corrected chi connectivity index (χ4v) is 1.01. The van der Waals surface area contributed by atoms with Crippen molar-refractivity contribution in [2.75, 3.05) is 7.11 Å². The van der Waals surface area contributed by atoms with Gasteiger partial charge in [0.25, 0.3) is 0 Å². The van der Waals surface area contributed by atoms with Gasteiger partial charge in [0.05, 0.1) is 6.61 Å². The molecule has 0 unspecified atom stereocenters. The van der Waals surface area contributed by atoms with Crippen molar-refractivity contribution in [2.45, 2.75) is 20.5 Å². The van der Waals surface area contributed by atoms with Crippen LogP contribution in [0.5, 0.6) is 0 Å². The lowest BCUT2D eigenvalue weighted by molar-refractivity contribution is 0.185. The average molecular weight is 187 g/mol. The summed E-state index contributed by atoms with van der Waals surface area (Å²) in [4.78, 5) is 0. The first-order valence-electron chi connectivity index (χ1n) is 4.06. The van der Waals surface area contributed by atoms with E-state index in [1.165, 1.54) is 0 Å². The fourth-order valence-electron chi connectivity index (χ4n) is 0.793. The summed E-state index contributed by atoms with van der Waals surface area (Å²) < 4.78 is 4.92. The van der Waals surface area contributed by atoms with Crippen LogP contribution in [0.4, 0.5) is 0 Å². The molecule has 0 N–H and O–H groups in total. The van der Waals surface area contributed by atoms with E-state index in [1.807, 2.05) is 38.1 Å². The van der Waals surface area contributed by atoms with Gasteiger partial charge in [-0.1, -0.05) is 37.6 Å². The highest BCUT2D eigenvalue weighted by atomic mass is 35.5. The highest BCUT2D eigenvalue weighted by molar-refractivity contribution is 6.30. The molecule has 0 saturated carbocycles. The maximum atomic E-state index is 5.73. The predicted octanol–water partition coefficient (Wildman–Crippen LogP) is 3.51. The molecule has 0 bridgehead atoms. The van der Waals surface area contributed by atoms with Crippen LogP contribution >= 0.6 is 11.6 Å². The Morgan fingerprint density at radius 2 is 2.00 bits per heavy atom. The number of hydrogen-bond acceptors (Lipinski definition) is 1. The number of rotatable bonds is 2. The Balaban J connectivity index is 0.000000561. The molecule has 0 saturated heterocycles. The molecule has 0 heterocycles. The Morgan fingerprint density at radius 1 is 1.33 bits per heavy atom. The number of benzene rings is 1. The molecule has 12 heavy (non-hydrogen) atoms. The summed E-state index contributed by atoms with van der Waals surface area (Å²) in [7, 11) is 1.67. The van der Waals surface area contributed by atoms with Crippen molar-refractivity contribution in [2.24, 2.45) is 0 Å². The zero-order valence-corrected chi connectivity index (χ0v) is 8.56. The molecule has 0 radical (unpaired) electrons. The van der Waals surface area contributed by atoms with Crippen LogP contribution in [0.25, 0.3) is 0 Å². The van der Waals surface area contributed by atoms with Gasteiger partial charge in [0.1, 0.15) is 0 Å². The van der Waals surface area contributed by atoms with Crippen LogP contribution in [0.2, 0.25) is 5.02 Å². The topological polar surface area (TPSA) is 9.23 Å². The Hall–Kier alpha value is -0.530. The van der Waals surface area contributed by atoms with Crippen molar-refractivity contribution in [3.05, 3.63) is 34.9 Å². The highest BCUT2D eigenvalue weighted by Gasteiger charge is 1.90. The molecular weight excluding hydrogens is 172 g/mol. The molecule has 68 valence electrons. The normalized spacial score (nSPS) is 8.67. The zero-order valence-electron chi connectivity index (χ0n) is 7.80. The smallest absolute Gasteiger partial charge is 0.0713 e. The lowest BCUT2D eigenvalue weighted by atomic mass is 10.2. The third kappa shape index (κ3) is 4.37. The quantitative estimate of drug-likeness (QED) is 0.687. The maximum Gasteiger partial charge on any atom is 0.0713 e. The first-order valence-corrected chi connectivity index (χ1v) is 4.44. The minimum absolute atomic E-state index is 0.626. The second-order valence-corrected chi connectivity index (χ2v) is 2.50. The molecule has 2 heteroatoms. The first kappa shape index (κ1) is 11.5. The van der Waals surface area contributed by atoms with E-state index in [4.69, 9.17) is 16.3 Å². The number of methoxy groups -OCH3 is 1. The van der Waals surface area contributed by atoms with Crippen molar-refractivity contribution in [1.82, 2.24) is 0 Å². The van der Waals surface area contributed by atoms with Crippen molar-refractivity contribution in [3.63, 3.8) is 0 Å². The van der Waals surface area contributed by atoms with Gasteiger partial charge in [-0.3, -0.25) is 0 Å². The third-order valence-corrected chi connectivity index (χ3v) is 1.44. The molecule has 0 spiro atoms. The van der Waals surface area contributed by atoms with Gasteiger partial charge in [-0.2, -0.15) is 0 Å². The summed E-state index contributed by atoms with van der Waals surface area (Å²) in [6.07, 6.45) is 0. The molecular formula is C10H15ClO. The second kappa shape index (κ2) is 7.14. The number of hydrogen-bond donors (Lipinski definition) is 0. The summed E-state index contributed by atoms with van der Waals surface area (Å²) in [5.74, 6) is 0. The molecule has 0 amide bonds. The lowest BCUT2D eigenvalue weighted by Crippen LogP contribution is -1.85. The summed E-state index contributed by atoms with van der Waals surface area (Å²) in [5, 5.41) is 0.759. The monoisotopic (exact) mass is 186 g/mol. The van der Waals surface area contributed by atoms with Gasteiger partial charge in [0.2, 0.25) is 0 Å². The van der Waals surface area contributed by atoms with Crippen LogP contribution in [-0.4, -0.2) is 7.11 Å². The summed E-state index contributed by atoms with van der Waals surface area (Å²) in [6, 6.07) is 7.64. The largest absolute Gasteiger partial charge is 0.380 e. The SMILES string of the molecule is CC.COCc1cccc(Cl)c1. The van der Waals surface area contributed by atoms with Crippen LogP contribution in [-0.2, 0) is 11.3 Å². The van der Waals surface area contributed by atoms with Gasteiger partial charge >= 0.3 is 0 Å². The van der Waals surface area contributed by atoms with Crippen LogP contribution in [0.15, 0.2) is 24.3 Å². The van der Waals surface area contributed by atoms with Crippen LogP contribution < -0.4 is 0 Å². The molecule has 0 fully saturated rings. The molecule has 1 nitrogen and oxygen atoms in total. The van der Waals surface area contributed by atoms with Gasteiger partial charge in [-0.25, -0.2) is 0 Å². The molecule has 0 atom stereocenters. The fraction of sp³-hybridized carbons (Fsp3) is 0.400. The van der Waals surface area contributed by atoms with E-state index in [0.717, 1.165) is 10.6 Å². The number of halogens is 1. The van der Waals surface area contributed by atoms with Crippen molar-refractivity contribution in [3.8, 4) is 0 Å². The van der Waals surface area contributed by atoms with E-state index in [0.29, 0.717) is 6.61 Å². The molecule has 0 aliphatic heterocycles. The second-order valence-electron chi connectivity index (χ2n) is 2.06. The van der Waals surface area contributed by atoms with Gasteiger partial charge in [0.15, 0.2) is 0 Å². The van der Waals surface area contributed by atoms with Crippen molar-refractivity contribution >= 4 is 11.6 Å². The molecule has 0 aromatic heterocycles. The Labute approximate surface area is 79.3 Å². The molecule has 1 aromatic rings. The Kier molecular flexibility index (Phi) is 6.82. The predicted molar refractivity (Wildman–Crippen MR) is 53.5 cm³/mol. The minimum Gasteiger partial charge on any atom is -0.380 e. The van der Waals surface area contributed by atoms with E-state index in [1.54, 1.807) is 7.11 Å². The molecule has 0 aliphatic rings. The molecule has 0 aliphatic carbocycles. The maximum absolute atomic E-state index is 5.73. The molecule has 1 rings (SSSR count). The first-order chi connectivity index (χ1) is 5.83. The zero-order chi connectivity index (χ0) is 9.40. The Bertz CT molecular complexity index is 211. The van der Waals surface area contributed by atoms with E-state index in [2.05, 4.69) is 0 Å². The lowest BCUT2D eigenvalue weighted by Gasteiger charge is -1.97. The van der Waals surface area contributed by atoms with Crippen LogP contribution in [0, 0.1) is 0 Å². The third-order valence-electron chi connectivity index (χ3n) is 1.20. The summed E-state index contributed by atoms with van der Waals surface area (Å²) >= 11 is 5.73. The average Bonchev–Trinajstić information content (AvgIpc) is 2.09.